The molecule has 4 rings (SSSR count). The molecule has 1 aromatic heterocycles. The summed E-state index contributed by atoms with van der Waals surface area (Å²) in [7, 11) is 0. The average molecular weight is 397 g/mol. The molecule has 0 unspecified atom stereocenters. The summed E-state index contributed by atoms with van der Waals surface area (Å²) in [6.45, 7) is 2.08. The maximum absolute atomic E-state index is 13.5. The number of ketones is 1. The van der Waals surface area contributed by atoms with Crippen molar-refractivity contribution in [3.8, 4) is 0 Å². The molecule has 0 aliphatic heterocycles. The summed E-state index contributed by atoms with van der Waals surface area (Å²) in [5.41, 5.74) is 4.13. The smallest absolute Gasteiger partial charge is 0.311 e. The van der Waals surface area contributed by atoms with E-state index >= 15 is 0 Å². The van der Waals surface area contributed by atoms with Crippen LogP contribution in [-0.4, -0.2) is 16.7 Å². The lowest BCUT2D eigenvalue weighted by Gasteiger charge is -2.17. The highest BCUT2D eigenvalue weighted by Gasteiger charge is 2.28. The van der Waals surface area contributed by atoms with Crippen molar-refractivity contribution in [1.29, 1.82) is 0 Å². The summed E-state index contributed by atoms with van der Waals surface area (Å²) in [5.74, 6) is -0.667. The standard InChI is InChI=1S/C26H23NO3/c1-2-19-14-9-15-21-22(17-27-24(19)21)25(29)26(20-12-7-4-8-13-20)30-23(28)16-18-10-5-3-6-11-18/h3-15,17,26-27H,2,16H2,1H3/t26-/m0/s1. The van der Waals surface area contributed by atoms with E-state index in [1.165, 1.54) is 0 Å². The van der Waals surface area contributed by atoms with E-state index in [0.717, 1.165) is 28.5 Å². The number of nitrogens with one attached hydrogen (secondary N) is 1. The van der Waals surface area contributed by atoms with Gasteiger partial charge in [-0.25, -0.2) is 0 Å². The molecule has 1 atom stereocenters. The van der Waals surface area contributed by atoms with Gasteiger partial charge in [-0.2, -0.15) is 0 Å². The zero-order valence-electron chi connectivity index (χ0n) is 16.8. The number of aryl methyl sites for hydroxylation is 1. The highest BCUT2D eigenvalue weighted by molar-refractivity contribution is 6.11. The van der Waals surface area contributed by atoms with E-state index in [2.05, 4.69) is 11.9 Å². The van der Waals surface area contributed by atoms with Gasteiger partial charge in [-0.3, -0.25) is 9.59 Å². The Kier molecular flexibility index (Phi) is 5.75. The summed E-state index contributed by atoms with van der Waals surface area (Å²) in [6, 6.07) is 24.5. The third kappa shape index (κ3) is 4.03. The number of aromatic amines is 1. The van der Waals surface area contributed by atoms with Gasteiger partial charge in [-0.05, 0) is 17.5 Å². The van der Waals surface area contributed by atoms with Gasteiger partial charge in [0, 0.05) is 28.2 Å². The number of aromatic nitrogens is 1. The molecule has 0 bridgehead atoms. The first kappa shape index (κ1) is 19.6. The minimum atomic E-state index is -0.994. The van der Waals surface area contributed by atoms with Crippen molar-refractivity contribution in [2.75, 3.05) is 0 Å². The number of esters is 1. The Labute approximate surface area is 175 Å². The molecule has 0 spiro atoms. The molecule has 3 aromatic carbocycles. The minimum absolute atomic E-state index is 0.116. The highest BCUT2D eigenvalue weighted by Crippen LogP contribution is 2.29. The van der Waals surface area contributed by atoms with Gasteiger partial charge < -0.3 is 9.72 Å². The van der Waals surface area contributed by atoms with Crippen molar-refractivity contribution in [1.82, 2.24) is 4.98 Å². The van der Waals surface area contributed by atoms with E-state index in [4.69, 9.17) is 4.74 Å². The molecule has 0 amide bonds. The molecule has 150 valence electrons. The molecular weight excluding hydrogens is 374 g/mol. The van der Waals surface area contributed by atoms with E-state index in [9.17, 15) is 9.59 Å². The Morgan fingerprint density at radius 1 is 0.900 bits per heavy atom. The Morgan fingerprint density at radius 2 is 1.60 bits per heavy atom. The van der Waals surface area contributed by atoms with Crippen molar-refractivity contribution in [3.63, 3.8) is 0 Å². The van der Waals surface area contributed by atoms with E-state index in [-0.39, 0.29) is 12.2 Å². The normalized spacial score (nSPS) is 11.9. The Morgan fingerprint density at radius 3 is 2.30 bits per heavy atom. The third-order valence-electron chi connectivity index (χ3n) is 5.23. The monoisotopic (exact) mass is 397 g/mol. The molecule has 0 saturated heterocycles. The number of benzene rings is 3. The average Bonchev–Trinajstić information content (AvgIpc) is 3.22. The second-order valence-electron chi connectivity index (χ2n) is 7.20. The van der Waals surface area contributed by atoms with E-state index in [0.29, 0.717) is 11.1 Å². The van der Waals surface area contributed by atoms with Crippen LogP contribution in [0.5, 0.6) is 0 Å². The summed E-state index contributed by atoms with van der Waals surface area (Å²) in [4.78, 5) is 29.4. The molecule has 0 aliphatic carbocycles. The minimum Gasteiger partial charge on any atom is -0.449 e. The number of hydrogen-bond donors (Lipinski definition) is 1. The number of carbonyl (C=O) groups excluding carboxylic acids is 2. The first-order valence-electron chi connectivity index (χ1n) is 10.1. The topological polar surface area (TPSA) is 59.2 Å². The number of rotatable bonds is 7. The molecule has 1 N–H and O–H groups in total. The second kappa shape index (κ2) is 8.78. The summed E-state index contributed by atoms with van der Waals surface area (Å²) in [5, 5.41) is 0.847. The lowest BCUT2D eigenvalue weighted by atomic mass is 9.98. The Bertz CT molecular complexity index is 1160. The van der Waals surface area contributed by atoms with Gasteiger partial charge in [-0.15, -0.1) is 0 Å². The third-order valence-corrected chi connectivity index (χ3v) is 5.23. The highest BCUT2D eigenvalue weighted by atomic mass is 16.5. The zero-order chi connectivity index (χ0) is 20.9. The van der Waals surface area contributed by atoms with Crippen LogP contribution in [-0.2, 0) is 22.4 Å². The van der Waals surface area contributed by atoms with Crippen LogP contribution in [0.4, 0.5) is 0 Å². The van der Waals surface area contributed by atoms with Crippen molar-refractivity contribution < 1.29 is 14.3 Å². The molecule has 4 nitrogen and oxygen atoms in total. The molecule has 1 heterocycles. The number of hydrogen-bond acceptors (Lipinski definition) is 3. The van der Waals surface area contributed by atoms with Crippen LogP contribution in [0.3, 0.4) is 0 Å². The SMILES string of the molecule is CCc1cccc2c(C(=O)[C@@H](OC(=O)Cc3ccccc3)c3ccccc3)c[nH]c12. The first-order valence-corrected chi connectivity index (χ1v) is 10.1. The quantitative estimate of drug-likeness (QED) is 0.334. The Balaban J connectivity index is 1.66. The number of carbonyl (C=O) groups is 2. The van der Waals surface area contributed by atoms with Crippen LogP contribution < -0.4 is 0 Å². The summed E-state index contributed by atoms with van der Waals surface area (Å²) < 4.78 is 5.73. The fraction of sp³-hybridized carbons (Fsp3) is 0.154. The molecule has 4 heteroatoms. The van der Waals surface area contributed by atoms with Gasteiger partial charge in [0.1, 0.15) is 0 Å². The molecule has 4 aromatic rings. The Hall–Kier alpha value is -3.66. The number of para-hydroxylation sites is 1. The van der Waals surface area contributed by atoms with Crippen molar-refractivity contribution >= 4 is 22.7 Å². The number of ether oxygens (including phenoxy) is 1. The fourth-order valence-corrected chi connectivity index (χ4v) is 3.69. The van der Waals surface area contributed by atoms with Gasteiger partial charge in [0.05, 0.1) is 6.42 Å². The predicted molar refractivity (Wildman–Crippen MR) is 117 cm³/mol. The summed E-state index contributed by atoms with van der Waals surface area (Å²) >= 11 is 0. The molecule has 30 heavy (non-hydrogen) atoms. The van der Waals surface area contributed by atoms with Gasteiger partial charge in [0.25, 0.3) is 0 Å². The van der Waals surface area contributed by atoms with Gasteiger partial charge in [-0.1, -0.05) is 85.8 Å². The van der Waals surface area contributed by atoms with Crippen LogP contribution in [0, 0.1) is 0 Å². The molecular formula is C26H23NO3. The van der Waals surface area contributed by atoms with Crippen LogP contribution in [0.25, 0.3) is 10.9 Å². The molecule has 0 radical (unpaired) electrons. The number of Topliss-reactive ketones (excluding diaryl/α,β-unsaturated/α-hetero) is 1. The molecule has 0 fully saturated rings. The largest absolute Gasteiger partial charge is 0.449 e. The maximum Gasteiger partial charge on any atom is 0.311 e. The molecule has 0 aliphatic rings. The van der Waals surface area contributed by atoms with Crippen LogP contribution in [0.15, 0.2) is 85.1 Å². The van der Waals surface area contributed by atoms with Crippen LogP contribution in [0.1, 0.15) is 40.1 Å². The van der Waals surface area contributed by atoms with Crippen molar-refractivity contribution in [2.45, 2.75) is 25.9 Å². The van der Waals surface area contributed by atoms with E-state index < -0.39 is 12.1 Å². The predicted octanol–water partition coefficient (Wildman–Crippen LogP) is 5.44. The van der Waals surface area contributed by atoms with Gasteiger partial charge >= 0.3 is 5.97 Å². The van der Waals surface area contributed by atoms with Crippen LogP contribution >= 0.6 is 0 Å². The molecule has 0 saturated carbocycles. The fourth-order valence-electron chi connectivity index (χ4n) is 3.69. The number of fused-ring (bicyclic) bond motifs is 1. The van der Waals surface area contributed by atoms with E-state index in [1.54, 1.807) is 6.20 Å². The van der Waals surface area contributed by atoms with Gasteiger partial charge in [0.15, 0.2) is 6.10 Å². The first-order chi connectivity index (χ1) is 14.7. The van der Waals surface area contributed by atoms with Crippen LogP contribution in [0.2, 0.25) is 0 Å². The van der Waals surface area contributed by atoms with Gasteiger partial charge in [0.2, 0.25) is 5.78 Å². The summed E-state index contributed by atoms with van der Waals surface area (Å²) in [6.07, 6.45) is 1.70. The second-order valence-corrected chi connectivity index (χ2v) is 7.20. The van der Waals surface area contributed by atoms with E-state index in [1.807, 2.05) is 78.9 Å². The zero-order valence-corrected chi connectivity index (χ0v) is 16.8. The lowest BCUT2D eigenvalue weighted by Crippen LogP contribution is -2.21. The maximum atomic E-state index is 13.5. The van der Waals surface area contributed by atoms with Crippen molar-refractivity contribution in [2.24, 2.45) is 0 Å². The lowest BCUT2D eigenvalue weighted by molar-refractivity contribution is -0.146. The number of H-pyrrole nitrogens is 1. The van der Waals surface area contributed by atoms with Crippen molar-refractivity contribution in [3.05, 3.63) is 107 Å².